The van der Waals surface area contributed by atoms with Gasteiger partial charge in [0.15, 0.2) is 0 Å². The van der Waals surface area contributed by atoms with Crippen molar-refractivity contribution in [2.75, 3.05) is 5.32 Å². The van der Waals surface area contributed by atoms with E-state index in [1.54, 1.807) is 6.92 Å². The van der Waals surface area contributed by atoms with Gasteiger partial charge in [0.05, 0.1) is 4.92 Å². The summed E-state index contributed by atoms with van der Waals surface area (Å²) in [5, 5.41) is 13.1. The van der Waals surface area contributed by atoms with Crippen LogP contribution in [-0.2, 0) is 4.79 Å². The van der Waals surface area contributed by atoms with Crippen LogP contribution in [0.25, 0.3) is 0 Å². The number of benzene rings is 1. The lowest BCUT2D eigenvalue weighted by Gasteiger charge is -2.10. The number of nitro benzene ring substituents is 1. The van der Waals surface area contributed by atoms with Crippen LogP contribution in [0.3, 0.4) is 0 Å². The van der Waals surface area contributed by atoms with E-state index in [4.69, 9.17) is 0 Å². The van der Waals surface area contributed by atoms with Gasteiger partial charge >= 0.3 is 5.69 Å². The molecular formula is C12H15FN2O3. The Bertz CT molecular complexity index is 463. The Labute approximate surface area is 104 Å². The molecule has 0 bridgehead atoms. The van der Waals surface area contributed by atoms with Gasteiger partial charge in [-0.15, -0.1) is 0 Å². The summed E-state index contributed by atoms with van der Waals surface area (Å²) in [6, 6.07) is 3.29. The number of rotatable bonds is 5. The zero-order chi connectivity index (χ0) is 13.7. The molecule has 1 N–H and O–H groups in total. The van der Waals surface area contributed by atoms with Crippen molar-refractivity contribution in [2.24, 2.45) is 5.92 Å². The fourth-order valence-electron chi connectivity index (χ4n) is 1.56. The van der Waals surface area contributed by atoms with Gasteiger partial charge in [-0.25, -0.2) is 0 Å². The van der Waals surface area contributed by atoms with Crippen molar-refractivity contribution in [3.63, 3.8) is 0 Å². The molecule has 0 aliphatic rings. The van der Waals surface area contributed by atoms with Crippen molar-refractivity contribution < 1.29 is 14.1 Å². The van der Waals surface area contributed by atoms with E-state index in [0.29, 0.717) is 0 Å². The van der Waals surface area contributed by atoms with Crippen molar-refractivity contribution in [3.8, 4) is 0 Å². The van der Waals surface area contributed by atoms with Crippen LogP contribution < -0.4 is 5.32 Å². The van der Waals surface area contributed by atoms with E-state index in [1.165, 1.54) is 6.07 Å². The fraction of sp³-hybridized carbons (Fsp3) is 0.417. The van der Waals surface area contributed by atoms with E-state index < -0.39 is 16.4 Å². The second-order valence-corrected chi connectivity index (χ2v) is 4.10. The predicted octanol–water partition coefficient (Wildman–Crippen LogP) is 3.11. The number of nitrogens with zero attached hydrogens (tertiary/aromatic N) is 1. The molecule has 0 aromatic heterocycles. The number of carbonyl (C=O) groups is 1. The van der Waals surface area contributed by atoms with E-state index in [1.807, 2.05) is 6.92 Å². The monoisotopic (exact) mass is 254 g/mol. The number of carbonyl (C=O) groups excluding carboxylic acids is 1. The number of halogens is 1. The summed E-state index contributed by atoms with van der Waals surface area (Å²) in [7, 11) is 0. The first-order chi connectivity index (χ1) is 8.45. The van der Waals surface area contributed by atoms with Crippen molar-refractivity contribution in [2.45, 2.75) is 26.7 Å². The zero-order valence-electron chi connectivity index (χ0n) is 10.3. The van der Waals surface area contributed by atoms with Crippen LogP contribution in [0.4, 0.5) is 15.8 Å². The van der Waals surface area contributed by atoms with Crippen LogP contribution in [0.1, 0.15) is 26.7 Å². The third kappa shape index (κ3) is 3.51. The van der Waals surface area contributed by atoms with Crippen molar-refractivity contribution in [3.05, 3.63) is 34.1 Å². The Kier molecular flexibility index (Phi) is 4.76. The molecule has 1 amide bonds. The Balaban J connectivity index is 2.82. The molecule has 0 saturated carbocycles. The van der Waals surface area contributed by atoms with Gasteiger partial charge in [0.25, 0.3) is 0 Å². The smallest absolute Gasteiger partial charge is 0.306 e. The number of amides is 1. The summed E-state index contributed by atoms with van der Waals surface area (Å²) in [6.07, 6.45) is 1.60. The van der Waals surface area contributed by atoms with E-state index >= 15 is 0 Å². The maximum absolute atomic E-state index is 13.1. The van der Waals surface area contributed by atoms with Crippen LogP contribution >= 0.6 is 0 Å². The van der Waals surface area contributed by atoms with Crippen molar-refractivity contribution >= 4 is 17.3 Å². The summed E-state index contributed by atoms with van der Waals surface area (Å²) in [5.74, 6) is -1.32. The van der Waals surface area contributed by atoms with Gasteiger partial charge < -0.3 is 5.32 Å². The maximum atomic E-state index is 13.1. The van der Waals surface area contributed by atoms with E-state index in [-0.39, 0.29) is 17.5 Å². The lowest BCUT2D eigenvalue weighted by atomic mass is 10.1. The molecule has 0 unspecified atom stereocenters. The Morgan fingerprint density at radius 3 is 2.78 bits per heavy atom. The molecule has 1 atom stereocenters. The van der Waals surface area contributed by atoms with Gasteiger partial charge in [0, 0.05) is 17.7 Å². The van der Waals surface area contributed by atoms with E-state index in [0.717, 1.165) is 25.0 Å². The molecule has 6 heteroatoms. The normalized spacial score (nSPS) is 11.9. The quantitative estimate of drug-likeness (QED) is 0.648. The molecular weight excluding hydrogens is 239 g/mol. The van der Waals surface area contributed by atoms with Crippen LogP contribution in [0.5, 0.6) is 0 Å². The Morgan fingerprint density at radius 1 is 1.56 bits per heavy atom. The van der Waals surface area contributed by atoms with Crippen LogP contribution in [0.2, 0.25) is 0 Å². The van der Waals surface area contributed by atoms with Crippen LogP contribution in [0.15, 0.2) is 18.2 Å². The minimum atomic E-state index is -0.917. The van der Waals surface area contributed by atoms with Gasteiger partial charge in [-0.05, 0) is 18.6 Å². The number of hydrogen-bond donors (Lipinski definition) is 1. The summed E-state index contributed by atoms with van der Waals surface area (Å²) < 4.78 is 13.1. The number of hydrogen-bond acceptors (Lipinski definition) is 3. The molecule has 0 spiro atoms. The third-order valence-electron chi connectivity index (χ3n) is 2.58. The molecule has 0 aliphatic heterocycles. The van der Waals surface area contributed by atoms with Crippen molar-refractivity contribution in [1.82, 2.24) is 0 Å². The number of anilines is 1. The van der Waals surface area contributed by atoms with Gasteiger partial charge in [0.1, 0.15) is 0 Å². The van der Waals surface area contributed by atoms with Gasteiger partial charge in [-0.1, -0.05) is 20.3 Å². The SMILES string of the molecule is CCC[C@H](C)C(=O)Nc1ccc(F)c([N+](=O)[O-])c1. The lowest BCUT2D eigenvalue weighted by molar-refractivity contribution is -0.387. The maximum Gasteiger partial charge on any atom is 0.306 e. The summed E-state index contributed by atoms with van der Waals surface area (Å²) in [6.45, 7) is 3.74. The highest BCUT2D eigenvalue weighted by atomic mass is 19.1. The second kappa shape index (κ2) is 6.09. The average Bonchev–Trinajstić information content (AvgIpc) is 2.31. The molecule has 1 aromatic carbocycles. The molecule has 0 saturated heterocycles. The topological polar surface area (TPSA) is 72.2 Å². The largest absolute Gasteiger partial charge is 0.326 e. The summed E-state index contributed by atoms with van der Waals surface area (Å²) in [5.41, 5.74) is -0.410. The van der Waals surface area contributed by atoms with Gasteiger partial charge in [0.2, 0.25) is 11.7 Å². The molecule has 98 valence electrons. The molecule has 0 heterocycles. The minimum absolute atomic E-state index is 0.181. The molecule has 0 fully saturated rings. The van der Waals surface area contributed by atoms with E-state index in [2.05, 4.69) is 5.32 Å². The average molecular weight is 254 g/mol. The molecule has 0 aliphatic carbocycles. The fourth-order valence-corrected chi connectivity index (χ4v) is 1.56. The second-order valence-electron chi connectivity index (χ2n) is 4.10. The highest BCUT2D eigenvalue weighted by Gasteiger charge is 2.17. The van der Waals surface area contributed by atoms with Crippen LogP contribution in [-0.4, -0.2) is 10.8 Å². The van der Waals surface area contributed by atoms with Gasteiger partial charge in [-0.3, -0.25) is 14.9 Å². The number of nitro groups is 1. The highest BCUT2D eigenvalue weighted by Crippen LogP contribution is 2.22. The first-order valence-corrected chi connectivity index (χ1v) is 5.70. The van der Waals surface area contributed by atoms with E-state index in [9.17, 15) is 19.3 Å². The Morgan fingerprint density at radius 2 is 2.22 bits per heavy atom. The number of nitrogens with one attached hydrogen (secondary N) is 1. The third-order valence-corrected chi connectivity index (χ3v) is 2.58. The highest BCUT2D eigenvalue weighted by molar-refractivity contribution is 5.92. The molecule has 0 radical (unpaired) electrons. The van der Waals surface area contributed by atoms with Gasteiger partial charge in [-0.2, -0.15) is 4.39 Å². The minimum Gasteiger partial charge on any atom is -0.326 e. The molecule has 18 heavy (non-hydrogen) atoms. The first kappa shape index (κ1) is 14.1. The molecule has 1 rings (SSSR count). The first-order valence-electron chi connectivity index (χ1n) is 5.70. The molecule has 5 nitrogen and oxygen atoms in total. The standard InChI is InChI=1S/C12H15FN2O3/c1-3-4-8(2)12(16)14-9-5-6-10(13)11(7-9)15(17)18/h5-8H,3-4H2,1-2H3,(H,14,16)/t8-/m0/s1. The summed E-state index contributed by atoms with van der Waals surface area (Å²) in [4.78, 5) is 21.4. The zero-order valence-corrected chi connectivity index (χ0v) is 10.3. The Hall–Kier alpha value is -1.98. The predicted molar refractivity (Wildman–Crippen MR) is 65.8 cm³/mol. The summed E-state index contributed by atoms with van der Waals surface area (Å²) >= 11 is 0. The molecule has 1 aromatic rings. The van der Waals surface area contributed by atoms with Crippen molar-refractivity contribution in [1.29, 1.82) is 0 Å². The lowest BCUT2D eigenvalue weighted by Crippen LogP contribution is -2.20. The van der Waals surface area contributed by atoms with Crippen LogP contribution in [0, 0.1) is 21.8 Å².